The van der Waals surface area contributed by atoms with Crippen LogP contribution in [-0.2, 0) is 9.53 Å². The van der Waals surface area contributed by atoms with E-state index in [9.17, 15) is 14.9 Å². The Labute approximate surface area is 225 Å². The van der Waals surface area contributed by atoms with Gasteiger partial charge in [0, 0.05) is 34.0 Å². The Morgan fingerprint density at radius 3 is 2.55 bits per heavy atom. The molecule has 7 heteroatoms. The highest BCUT2D eigenvalue weighted by molar-refractivity contribution is 5.80. The van der Waals surface area contributed by atoms with Gasteiger partial charge in [0.15, 0.2) is 0 Å². The van der Waals surface area contributed by atoms with Crippen LogP contribution in [0.4, 0.5) is 11.4 Å². The monoisotopic (exact) mass is 518 g/mol. The summed E-state index contributed by atoms with van der Waals surface area (Å²) in [4.78, 5) is 23.6. The summed E-state index contributed by atoms with van der Waals surface area (Å²) >= 11 is 0. The number of hydroxylamine groups is 1. The molecule has 3 aliphatic rings. The molecular formula is C31H40N3O4-. The molecule has 2 aromatic rings. The van der Waals surface area contributed by atoms with Crippen LogP contribution in [0.15, 0.2) is 53.7 Å². The van der Waals surface area contributed by atoms with Crippen LogP contribution >= 0.6 is 0 Å². The lowest BCUT2D eigenvalue weighted by atomic mass is 9.69. The van der Waals surface area contributed by atoms with Gasteiger partial charge in [0.1, 0.15) is 0 Å². The van der Waals surface area contributed by atoms with Crippen molar-refractivity contribution in [2.45, 2.75) is 83.0 Å². The molecule has 0 bridgehead atoms. The zero-order valence-corrected chi connectivity index (χ0v) is 22.6. The Balaban J connectivity index is 1.55. The van der Waals surface area contributed by atoms with E-state index >= 15 is 0 Å². The van der Waals surface area contributed by atoms with Gasteiger partial charge in [0.2, 0.25) is 0 Å². The molecule has 5 unspecified atom stereocenters. The molecule has 0 saturated heterocycles. The molecule has 7 nitrogen and oxygen atoms in total. The Morgan fingerprint density at radius 1 is 1.11 bits per heavy atom. The molecule has 0 aromatic heterocycles. The molecule has 1 N–H and O–H groups in total. The van der Waals surface area contributed by atoms with E-state index in [0.717, 1.165) is 48.4 Å². The number of nitroso groups, excluding NO2 is 1. The second-order valence-electron chi connectivity index (χ2n) is 11.5. The first-order valence-electron chi connectivity index (χ1n) is 14.4. The molecular weight excluding hydrogens is 478 g/mol. The second-order valence-corrected chi connectivity index (χ2v) is 11.5. The summed E-state index contributed by atoms with van der Waals surface area (Å²) in [6.45, 7) is 2.11. The number of ether oxygens (including phenoxy) is 1. The number of fused-ring (bicyclic) bond motifs is 1. The molecule has 2 aliphatic carbocycles. The fraction of sp³-hybridized carbons (Fsp3) is 0.581. The van der Waals surface area contributed by atoms with Crippen molar-refractivity contribution in [1.29, 1.82) is 0 Å². The maximum Gasteiger partial charge on any atom is 0.289 e. The van der Waals surface area contributed by atoms with E-state index in [2.05, 4.69) is 41.7 Å². The molecule has 204 valence electrons. The van der Waals surface area contributed by atoms with Gasteiger partial charge in [-0.2, -0.15) is 0 Å². The van der Waals surface area contributed by atoms with Gasteiger partial charge in [-0.3, -0.25) is 4.79 Å². The van der Waals surface area contributed by atoms with Crippen molar-refractivity contribution < 1.29 is 9.53 Å². The van der Waals surface area contributed by atoms with Crippen molar-refractivity contribution in [2.75, 3.05) is 17.4 Å². The van der Waals surface area contributed by atoms with Gasteiger partial charge >= 0.3 is 0 Å². The molecule has 1 aliphatic heterocycles. The van der Waals surface area contributed by atoms with E-state index in [1.54, 1.807) is 0 Å². The molecule has 1 amide bonds. The van der Waals surface area contributed by atoms with Crippen LogP contribution in [0.3, 0.4) is 0 Å². The third-order valence-electron chi connectivity index (χ3n) is 9.16. The maximum atomic E-state index is 12.4. The topological polar surface area (TPSA) is 94.1 Å². The fourth-order valence-electron chi connectivity index (χ4n) is 7.38. The van der Waals surface area contributed by atoms with Crippen molar-refractivity contribution in [1.82, 2.24) is 0 Å². The third-order valence-corrected chi connectivity index (χ3v) is 9.16. The van der Waals surface area contributed by atoms with Gasteiger partial charge in [0.05, 0.1) is 18.2 Å². The van der Waals surface area contributed by atoms with Crippen molar-refractivity contribution in [3.63, 3.8) is 0 Å². The molecule has 0 radical (unpaired) electrons. The highest BCUT2D eigenvalue weighted by Gasteiger charge is 2.46. The smallest absolute Gasteiger partial charge is 0.289 e. The minimum atomic E-state index is -0.540. The molecule has 2 fully saturated rings. The molecule has 1 heterocycles. The van der Waals surface area contributed by atoms with Gasteiger partial charge in [-0.05, 0) is 74.8 Å². The summed E-state index contributed by atoms with van der Waals surface area (Å²) in [5.41, 5.74) is 3.85. The first-order chi connectivity index (χ1) is 18.5. The standard InChI is InChI=1S/C31H40N3O4/c1-3-10-22-17-24(19-25(22)31(35)33-36)38-30-26-18-23(34(2)37)15-16-27(26)32-29(21-13-8-5-9-14-21)28(30)20-11-6-4-7-12-20/h5,8-9,13-16,18,20,22,24-25,28-30,32H,3-4,6-7,10-12,17,19H2,1-2H3/q-1/t22?,24?,25-,28?,29?,30?/m1/s1. The van der Waals surface area contributed by atoms with Crippen molar-refractivity contribution in [3.05, 3.63) is 69.8 Å². The summed E-state index contributed by atoms with van der Waals surface area (Å²) < 4.78 is 7.08. The Bertz CT molecular complexity index is 1100. The molecule has 6 atom stereocenters. The number of anilines is 2. The van der Waals surface area contributed by atoms with Gasteiger partial charge in [-0.1, -0.05) is 62.9 Å². The summed E-state index contributed by atoms with van der Waals surface area (Å²) in [5.74, 6) is -0.123. The summed E-state index contributed by atoms with van der Waals surface area (Å²) in [6.07, 6.45) is 8.80. The van der Waals surface area contributed by atoms with Gasteiger partial charge < -0.3 is 20.3 Å². The lowest BCUT2D eigenvalue weighted by Gasteiger charge is -2.46. The first kappa shape index (κ1) is 26.8. The van der Waals surface area contributed by atoms with Crippen LogP contribution in [0.5, 0.6) is 0 Å². The van der Waals surface area contributed by atoms with Gasteiger partial charge in [0.25, 0.3) is 5.91 Å². The normalized spacial score (nSPS) is 29.3. The minimum absolute atomic E-state index is 0.0783. The molecule has 0 spiro atoms. The predicted octanol–water partition coefficient (Wildman–Crippen LogP) is 7.53. The average molecular weight is 519 g/mol. The molecule has 2 aromatic carbocycles. The largest absolute Gasteiger partial charge is 0.758 e. The number of hydrogen-bond donors (Lipinski definition) is 1. The number of nitrogens with one attached hydrogen (secondary N) is 1. The Kier molecular flexibility index (Phi) is 8.44. The number of benzene rings is 2. The van der Waals surface area contributed by atoms with Crippen LogP contribution in [0, 0.1) is 33.8 Å². The summed E-state index contributed by atoms with van der Waals surface area (Å²) in [5, 5.41) is 19.8. The number of rotatable bonds is 8. The van der Waals surface area contributed by atoms with E-state index in [-0.39, 0.29) is 36.0 Å². The van der Waals surface area contributed by atoms with E-state index < -0.39 is 5.91 Å². The van der Waals surface area contributed by atoms with Crippen molar-refractivity contribution in [3.8, 4) is 0 Å². The number of carbonyl (C=O) groups is 1. The average Bonchev–Trinajstić information content (AvgIpc) is 3.35. The zero-order chi connectivity index (χ0) is 26.6. The maximum absolute atomic E-state index is 12.4. The highest BCUT2D eigenvalue weighted by Crippen LogP contribution is 2.53. The lowest BCUT2D eigenvalue weighted by molar-refractivity contribution is -0.123. The SMILES string of the molecule is CCCC1CC(OC2c3cc(N(C)[O-])ccc3NC(c3ccccc3)C2C2CCCCC2)C[C@H]1C(=O)N=O. The minimum Gasteiger partial charge on any atom is -0.758 e. The third kappa shape index (κ3) is 5.50. The predicted molar refractivity (Wildman–Crippen MR) is 151 cm³/mol. The Morgan fingerprint density at radius 2 is 1.87 bits per heavy atom. The van der Waals surface area contributed by atoms with E-state index in [0.29, 0.717) is 18.0 Å². The van der Waals surface area contributed by atoms with E-state index in [1.807, 2.05) is 24.3 Å². The second kappa shape index (κ2) is 12.0. The Hall–Kier alpha value is -2.77. The number of carbonyl (C=O) groups excluding carboxylic acids is 1. The lowest BCUT2D eigenvalue weighted by Crippen LogP contribution is -2.39. The van der Waals surface area contributed by atoms with Gasteiger partial charge in [-0.25, -0.2) is 0 Å². The van der Waals surface area contributed by atoms with Crippen molar-refractivity contribution in [2.24, 2.45) is 28.8 Å². The van der Waals surface area contributed by atoms with Crippen LogP contribution in [0.2, 0.25) is 0 Å². The van der Waals surface area contributed by atoms with Gasteiger partial charge in [-0.15, -0.1) is 4.91 Å². The van der Waals surface area contributed by atoms with Crippen LogP contribution in [0.1, 0.15) is 88.0 Å². The van der Waals surface area contributed by atoms with E-state index in [1.165, 1.54) is 31.9 Å². The number of hydrogen-bond acceptors (Lipinski definition) is 6. The van der Waals surface area contributed by atoms with Crippen molar-refractivity contribution >= 4 is 17.3 Å². The van der Waals surface area contributed by atoms with Crippen LogP contribution < -0.4 is 10.4 Å². The van der Waals surface area contributed by atoms with Crippen LogP contribution in [0.25, 0.3) is 0 Å². The van der Waals surface area contributed by atoms with E-state index in [4.69, 9.17) is 4.74 Å². The molecule has 5 rings (SSSR count). The fourth-order valence-corrected chi connectivity index (χ4v) is 7.38. The molecule has 2 saturated carbocycles. The molecule has 38 heavy (non-hydrogen) atoms. The number of nitrogens with zero attached hydrogens (tertiary/aromatic N) is 2. The zero-order valence-electron chi connectivity index (χ0n) is 22.6. The summed E-state index contributed by atoms with van der Waals surface area (Å²) in [7, 11) is 1.52. The first-order valence-corrected chi connectivity index (χ1v) is 14.4. The number of amides is 1. The quantitative estimate of drug-likeness (QED) is 0.287. The highest BCUT2D eigenvalue weighted by atomic mass is 16.5. The summed E-state index contributed by atoms with van der Waals surface area (Å²) in [6, 6.07) is 16.5. The van der Waals surface area contributed by atoms with Crippen LogP contribution in [-0.4, -0.2) is 19.1 Å².